The fourth-order valence-electron chi connectivity index (χ4n) is 2.80. The molecular formula is C21H20ClNO2. The van der Waals surface area contributed by atoms with Crippen molar-refractivity contribution in [1.29, 1.82) is 0 Å². The molecule has 0 saturated heterocycles. The molecule has 2 aromatic rings. The van der Waals surface area contributed by atoms with Gasteiger partial charge in [-0.05, 0) is 68.0 Å². The van der Waals surface area contributed by atoms with Gasteiger partial charge in [-0.15, -0.1) is 0 Å². The second-order valence-electron chi connectivity index (χ2n) is 5.77. The summed E-state index contributed by atoms with van der Waals surface area (Å²) in [6.45, 7) is 6.21. The van der Waals surface area contributed by atoms with Crippen molar-refractivity contribution in [3.8, 4) is 0 Å². The summed E-state index contributed by atoms with van der Waals surface area (Å²) in [5, 5.41) is 0.651. The number of benzene rings is 2. The number of esters is 1. The largest absolute Gasteiger partial charge is 0.422 e. The summed E-state index contributed by atoms with van der Waals surface area (Å²) in [5.74, 6) is 0.213. The molecule has 1 aliphatic rings. The molecule has 3 nitrogen and oxygen atoms in total. The van der Waals surface area contributed by atoms with Crippen molar-refractivity contribution in [2.24, 2.45) is 0 Å². The third kappa shape index (κ3) is 3.94. The number of nitrogens with zero attached hydrogens (tertiary/aromatic N) is 1. The van der Waals surface area contributed by atoms with E-state index < -0.39 is 0 Å². The van der Waals surface area contributed by atoms with E-state index >= 15 is 0 Å². The quantitative estimate of drug-likeness (QED) is 0.548. The summed E-state index contributed by atoms with van der Waals surface area (Å²) in [4.78, 5) is 14.4. The van der Waals surface area contributed by atoms with E-state index in [9.17, 15) is 4.79 Å². The molecule has 0 aliphatic carbocycles. The van der Waals surface area contributed by atoms with Gasteiger partial charge in [-0.1, -0.05) is 23.7 Å². The van der Waals surface area contributed by atoms with Crippen molar-refractivity contribution in [3.63, 3.8) is 0 Å². The Morgan fingerprint density at radius 1 is 1.00 bits per heavy atom. The SMILES string of the molecule is CCN(CC)c1ccc(/C=C2\C=C(c3ccc(Cl)cc3)OC2=O)cc1. The molecular weight excluding hydrogens is 334 g/mol. The van der Waals surface area contributed by atoms with E-state index in [-0.39, 0.29) is 5.97 Å². The van der Waals surface area contributed by atoms with Crippen LogP contribution in [-0.2, 0) is 9.53 Å². The van der Waals surface area contributed by atoms with Crippen LogP contribution in [0.5, 0.6) is 0 Å². The number of hydrogen-bond donors (Lipinski definition) is 0. The van der Waals surface area contributed by atoms with Gasteiger partial charge >= 0.3 is 5.97 Å². The zero-order chi connectivity index (χ0) is 17.8. The average Bonchev–Trinajstić information content (AvgIpc) is 2.99. The fraction of sp³-hybridized carbons (Fsp3) is 0.190. The highest BCUT2D eigenvalue weighted by molar-refractivity contribution is 6.30. The monoisotopic (exact) mass is 353 g/mol. The molecule has 0 N–H and O–H groups in total. The Morgan fingerprint density at radius 2 is 1.64 bits per heavy atom. The van der Waals surface area contributed by atoms with Gasteiger partial charge in [-0.3, -0.25) is 0 Å². The molecule has 0 unspecified atom stereocenters. The molecule has 0 atom stereocenters. The molecule has 0 amide bonds. The van der Waals surface area contributed by atoms with Gasteiger partial charge in [0.1, 0.15) is 5.76 Å². The van der Waals surface area contributed by atoms with E-state index in [0.29, 0.717) is 16.4 Å². The number of cyclic esters (lactones) is 1. The summed E-state index contributed by atoms with van der Waals surface area (Å²) in [7, 11) is 0. The molecule has 128 valence electrons. The average molecular weight is 354 g/mol. The lowest BCUT2D eigenvalue weighted by atomic mass is 10.1. The van der Waals surface area contributed by atoms with Crippen LogP contribution in [0.3, 0.4) is 0 Å². The molecule has 25 heavy (non-hydrogen) atoms. The molecule has 4 heteroatoms. The van der Waals surface area contributed by atoms with Gasteiger partial charge in [0, 0.05) is 29.4 Å². The van der Waals surface area contributed by atoms with E-state index in [0.717, 1.165) is 24.2 Å². The van der Waals surface area contributed by atoms with Gasteiger partial charge in [-0.2, -0.15) is 0 Å². The molecule has 0 fully saturated rings. The Kier molecular flexibility index (Phi) is 5.25. The Morgan fingerprint density at radius 3 is 2.24 bits per heavy atom. The third-order valence-corrected chi connectivity index (χ3v) is 4.45. The maximum atomic E-state index is 12.1. The van der Waals surface area contributed by atoms with Gasteiger partial charge in [0.25, 0.3) is 0 Å². The van der Waals surface area contributed by atoms with Crippen molar-refractivity contribution in [3.05, 3.63) is 76.3 Å². The highest BCUT2D eigenvalue weighted by Gasteiger charge is 2.21. The van der Waals surface area contributed by atoms with Crippen LogP contribution in [0.15, 0.2) is 60.2 Å². The zero-order valence-electron chi connectivity index (χ0n) is 14.3. The van der Waals surface area contributed by atoms with E-state index in [2.05, 4.69) is 30.9 Å². The van der Waals surface area contributed by atoms with E-state index in [1.165, 1.54) is 5.69 Å². The second-order valence-corrected chi connectivity index (χ2v) is 6.20. The van der Waals surface area contributed by atoms with Crippen LogP contribution in [0, 0.1) is 0 Å². The number of halogens is 1. The molecule has 0 spiro atoms. The highest BCUT2D eigenvalue weighted by Crippen LogP contribution is 2.28. The lowest BCUT2D eigenvalue weighted by Gasteiger charge is -2.20. The molecule has 0 saturated carbocycles. The molecule has 1 aliphatic heterocycles. The summed E-state index contributed by atoms with van der Waals surface area (Å²) in [5.41, 5.74) is 3.52. The molecule has 1 heterocycles. The number of hydrogen-bond acceptors (Lipinski definition) is 3. The minimum atomic E-state index is -0.335. The van der Waals surface area contributed by atoms with Crippen LogP contribution in [0.25, 0.3) is 11.8 Å². The number of carbonyl (C=O) groups is 1. The van der Waals surface area contributed by atoms with Gasteiger partial charge in [-0.25, -0.2) is 4.79 Å². The first-order valence-electron chi connectivity index (χ1n) is 8.37. The predicted molar refractivity (Wildman–Crippen MR) is 104 cm³/mol. The number of rotatable bonds is 5. The van der Waals surface area contributed by atoms with E-state index in [1.54, 1.807) is 18.2 Å². The normalized spacial score (nSPS) is 15.2. The lowest BCUT2D eigenvalue weighted by molar-refractivity contribution is -0.130. The summed E-state index contributed by atoms with van der Waals surface area (Å²) < 4.78 is 5.37. The number of carbonyl (C=O) groups excluding carboxylic acids is 1. The smallest absolute Gasteiger partial charge is 0.343 e. The van der Waals surface area contributed by atoms with Crippen LogP contribution >= 0.6 is 11.6 Å². The van der Waals surface area contributed by atoms with Gasteiger partial charge in [0.15, 0.2) is 0 Å². The van der Waals surface area contributed by atoms with Crippen molar-refractivity contribution in [2.45, 2.75) is 13.8 Å². The van der Waals surface area contributed by atoms with E-state index in [4.69, 9.17) is 16.3 Å². The van der Waals surface area contributed by atoms with Crippen molar-refractivity contribution in [2.75, 3.05) is 18.0 Å². The van der Waals surface area contributed by atoms with Crippen LogP contribution in [0.2, 0.25) is 5.02 Å². The van der Waals surface area contributed by atoms with Gasteiger partial charge < -0.3 is 9.64 Å². The Labute approximate surface area is 153 Å². The third-order valence-electron chi connectivity index (χ3n) is 4.20. The maximum Gasteiger partial charge on any atom is 0.343 e. The van der Waals surface area contributed by atoms with Gasteiger partial charge in [0.2, 0.25) is 0 Å². The topological polar surface area (TPSA) is 29.5 Å². The first-order chi connectivity index (χ1) is 12.1. The Bertz CT molecular complexity index is 816. The second kappa shape index (κ2) is 7.58. The van der Waals surface area contributed by atoms with Crippen molar-refractivity contribution < 1.29 is 9.53 Å². The molecule has 0 bridgehead atoms. The number of ether oxygens (including phenoxy) is 1. The molecule has 3 rings (SSSR count). The summed E-state index contributed by atoms with van der Waals surface area (Å²) >= 11 is 5.90. The van der Waals surface area contributed by atoms with E-state index in [1.807, 2.05) is 30.3 Å². The Balaban J connectivity index is 1.83. The minimum Gasteiger partial charge on any atom is -0.422 e. The first-order valence-corrected chi connectivity index (χ1v) is 8.75. The first kappa shape index (κ1) is 17.3. The van der Waals surface area contributed by atoms with Crippen LogP contribution in [-0.4, -0.2) is 19.1 Å². The molecule has 2 aromatic carbocycles. The van der Waals surface area contributed by atoms with Crippen molar-refractivity contribution in [1.82, 2.24) is 0 Å². The number of anilines is 1. The Hall–Kier alpha value is -2.52. The molecule has 0 radical (unpaired) electrons. The van der Waals surface area contributed by atoms with Crippen molar-refractivity contribution >= 4 is 35.1 Å². The van der Waals surface area contributed by atoms with Crippen LogP contribution in [0.1, 0.15) is 25.0 Å². The zero-order valence-corrected chi connectivity index (χ0v) is 15.1. The standard InChI is InChI=1S/C21H20ClNO2/c1-3-23(4-2)19-11-5-15(6-12-19)13-17-14-20(25-21(17)24)16-7-9-18(22)10-8-16/h5-14H,3-4H2,1-2H3/b17-13+. The lowest BCUT2D eigenvalue weighted by Crippen LogP contribution is -2.21. The van der Waals surface area contributed by atoms with Crippen LogP contribution < -0.4 is 4.90 Å². The summed E-state index contributed by atoms with van der Waals surface area (Å²) in [6, 6.07) is 15.4. The minimum absolute atomic E-state index is 0.335. The predicted octanol–water partition coefficient (Wildman–Crippen LogP) is 5.17. The highest BCUT2D eigenvalue weighted by atomic mass is 35.5. The summed E-state index contributed by atoms with van der Waals surface area (Å²) in [6.07, 6.45) is 3.61. The van der Waals surface area contributed by atoms with Gasteiger partial charge in [0.05, 0.1) is 5.57 Å². The maximum absolute atomic E-state index is 12.1. The van der Waals surface area contributed by atoms with Crippen LogP contribution in [0.4, 0.5) is 5.69 Å². The molecule has 0 aromatic heterocycles. The fourth-order valence-corrected chi connectivity index (χ4v) is 2.92.